The number of tetrazole rings is 1. The van der Waals surface area contributed by atoms with Gasteiger partial charge < -0.3 is 30.2 Å². The Hall–Kier alpha value is -7.60. The summed E-state index contributed by atoms with van der Waals surface area (Å²) in [7, 11) is 0. The van der Waals surface area contributed by atoms with Gasteiger partial charge in [0.1, 0.15) is 35.0 Å². The number of hydrogen-bond donors (Lipinski definition) is 4. The number of hydrogen-bond acceptors (Lipinski definition) is 12. The van der Waals surface area contributed by atoms with Crippen LogP contribution < -0.4 is 26.0 Å². The Balaban J connectivity index is 1.26. The van der Waals surface area contributed by atoms with Gasteiger partial charge in [0, 0.05) is 28.2 Å². The highest BCUT2D eigenvalue weighted by atomic mass is 35.5. The van der Waals surface area contributed by atoms with Gasteiger partial charge in [-0.2, -0.15) is 4.68 Å². The normalized spacial score (nSPS) is 11.9. The largest absolute Gasteiger partial charge is 0.455 e. The molecule has 1 unspecified atom stereocenters. The van der Waals surface area contributed by atoms with Gasteiger partial charge in [-0.25, -0.2) is 19.0 Å². The topological polar surface area (TPSA) is 227 Å². The van der Waals surface area contributed by atoms with Gasteiger partial charge in [0.2, 0.25) is 5.91 Å². The van der Waals surface area contributed by atoms with Crippen molar-refractivity contribution < 1.29 is 43.0 Å². The Bertz CT molecular complexity index is 2640. The highest BCUT2D eigenvalue weighted by Crippen LogP contribution is 2.28. The van der Waals surface area contributed by atoms with Crippen molar-refractivity contribution in [3.63, 3.8) is 0 Å². The highest BCUT2D eigenvalue weighted by molar-refractivity contribution is 6.40. The first-order valence-corrected chi connectivity index (χ1v) is 19.4. The number of nitrogens with zero attached hydrogens (tertiary/aromatic N) is 5. The molecule has 4 N–H and O–H groups in total. The predicted octanol–water partition coefficient (Wildman–Crippen LogP) is 6.92. The van der Waals surface area contributed by atoms with Gasteiger partial charge >= 0.3 is 30.0 Å². The van der Waals surface area contributed by atoms with Gasteiger partial charge in [0.05, 0.1) is 16.9 Å². The van der Waals surface area contributed by atoms with Crippen molar-refractivity contribution in [2.24, 2.45) is 0 Å². The fourth-order valence-corrected chi connectivity index (χ4v) is 6.07. The number of esters is 1. The van der Waals surface area contributed by atoms with Gasteiger partial charge in [-0.3, -0.25) is 19.7 Å². The van der Waals surface area contributed by atoms with Crippen molar-refractivity contribution >= 4 is 75.4 Å². The van der Waals surface area contributed by atoms with E-state index in [1.165, 1.54) is 47.4 Å². The Morgan fingerprint density at radius 2 is 1.44 bits per heavy atom. The number of nitrogens with one attached hydrogen (secondary N) is 4. The number of aromatic nitrogens is 5. The van der Waals surface area contributed by atoms with Crippen molar-refractivity contribution in [1.29, 1.82) is 0 Å². The van der Waals surface area contributed by atoms with Crippen LogP contribution in [0.1, 0.15) is 57.6 Å². The molecule has 0 aliphatic rings. The molecule has 6 rings (SSSR count). The monoisotopic (exact) mass is 863 g/mol. The number of anilines is 3. The summed E-state index contributed by atoms with van der Waals surface area (Å²) in [5, 5.41) is 22.1. The maximum Gasteiger partial charge on any atom is 0.419 e. The summed E-state index contributed by atoms with van der Waals surface area (Å²) in [6.07, 6.45) is -0.372. The molecule has 0 aliphatic heterocycles. The standard InChI is InChI=1S/C43H42ClN9O9/c1-42(2,3)61-39(57)35-22-26-21-29(17-19-33(26)53(35)41(59)62-43(4,5)6)46-36(54)32(20-25-12-15-28(16-13-25)47-40(58)60-30-10-8-7-9-11-30)49-38(56)37(55)48-31-23-27(44)14-18-34(31)52-24-45-50-51-52/h7-19,21-24,32H,20H2,1-6H3,(H,46,54)(H,47,58)(H,48,55)(H,49,56). The Morgan fingerprint density at radius 1 is 0.742 bits per heavy atom. The molecule has 320 valence electrons. The minimum Gasteiger partial charge on any atom is -0.455 e. The van der Waals surface area contributed by atoms with Crippen molar-refractivity contribution in [3.8, 4) is 11.4 Å². The third-order valence-electron chi connectivity index (χ3n) is 8.48. The molecule has 0 spiro atoms. The summed E-state index contributed by atoms with van der Waals surface area (Å²) in [5.74, 6) is -3.45. The van der Waals surface area contributed by atoms with E-state index in [0.717, 1.165) is 4.57 Å². The molecule has 18 nitrogen and oxygen atoms in total. The predicted molar refractivity (Wildman–Crippen MR) is 228 cm³/mol. The van der Waals surface area contributed by atoms with Gasteiger partial charge in [-0.1, -0.05) is 41.9 Å². The number of carbonyl (C=O) groups excluding carboxylic acids is 6. The molecule has 0 saturated heterocycles. The van der Waals surface area contributed by atoms with Crippen LogP contribution in [0.3, 0.4) is 0 Å². The summed E-state index contributed by atoms with van der Waals surface area (Å²) in [4.78, 5) is 80.2. The molecular formula is C43H42ClN9O9. The van der Waals surface area contributed by atoms with Crippen LogP contribution in [0.2, 0.25) is 5.02 Å². The van der Waals surface area contributed by atoms with Crippen LogP contribution in [0.25, 0.3) is 16.6 Å². The Labute approximate surface area is 359 Å². The molecule has 0 saturated carbocycles. The number of carbonyl (C=O) groups is 6. The number of amides is 4. The van der Waals surface area contributed by atoms with E-state index in [1.54, 1.807) is 102 Å². The lowest BCUT2D eigenvalue weighted by Gasteiger charge is -2.22. The van der Waals surface area contributed by atoms with Gasteiger partial charge in [0.15, 0.2) is 0 Å². The molecule has 2 heterocycles. The smallest absolute Gasteiger partial charge is 0.419 e. The quantitative estimate of drug-likeness (QED) is 0.0813. The summed E-state index contributed by atoms with van der Waals surface area (Å²) < 4.78 is 18.8. The number of benzene rings is 4. The first kappa shape index (κ1) is 44.0. The molecule has 0 aliphatic carbocycles. The van der Waals surface area contributed by atoms with Crippen LogP contribution in [-0.2, 0) is 30.3 Å². The van der Waals surface area contributed by atoms with Crippen molar-refractivity contribution in [2.45, 2.75) is 65.2 Å². The third kappa shape index (κ3) is 11.6. The maximum atomic E-state index is 14.1. The van der Waals surface area contributed by atoms with Gasteiger partial charge in [0.25, 0.3) is 0 Å². The molecule has 0 bridgehead atoms. The van der Waals surface area contributed by atoms with Crippen LogP contribution in [-0.4, -0.2) is 77.9 Å². The van der Waals surface area contributed by atoms with E-state index in [-0.39, 0.29) is 28.5 Å². The first-order chi connectivity index (χ1) is 29.3. The minimum absolute atomic E-state index is 0.0991. The second kappa shape index (κ2) is 18.3. The third-order valence-corrected chi connectivity index (χ3v) is 8.71. The lowest BCUT2D eigenvalue weighted by Crippen LogP contribution is -2.49. The molecule has 19 heteroatoms. The van der Waals surface area contributed by atoms with Crippen LogP contribution >= 0.6 is 11.6 Å². The summed E-state index contributed by atoms with van der Waals surface area (Å²) >= 11 is 6.19. The molecule has 4 aromatic carbocycles. The SMILES string of the molecule is CC(C)(C)OC(=O)c1cc2cc(NC(=O)C(Cc3ccc(NC(=O)Oc4ccccc4)cc3)NC(=O)C(=O)Nc3cc(Cl)ccc3-n3cnnn3)ccc2n1C(=O)OC(C)(C)C. The van der Waals surface area contributed by atoms with Crippen LogP contribution in [0.15, 0.2) is 103 Å². The summed E-state index contributed by atoms with van der Waals surface area (Å²) in [6.45, 7) is 10.1. The number of para-hydroxylation sites is 1. The van der Waals surface area contributed by atoms with E-state index >= 15 is 0 Å². The van der Waals surface area contributed by atoms with Gasteiger partial charge in [-0.05, 0) is 124 Å². The fraction of sp³-hybridized carbons (Fsp3) is 0.233. The number of ether oxygens (including phenoxy) is 3. The van der Waals surface area contributed by atoms with Crippen molar-refractivity contribution in [1.82, 2.24) is 30.1 Å². The second-order valence-electron chi connectivity index (χ2n) is 15.7. The van der Waals surface area contributed by atoms with Crippen LogP contribution in [0.5, 0.6) is 5.75 Å². The fourth-order valence-electron chi connectivity index (χ4n) is 5.90. The lowest BCUT2D eigenvalue weighted by atomic mass is 10.0. The summed E-state index contributed by atoms with van der Waals surface area (Å²) in [5.41, 5.74) is -0.00555. The zero-order valence-corrected chi connectivity index (χ0v) is 35.1. The summed E-state index contributed by atoms with van der Waals surface area (Å²) in [6, 6.07) is 24.0. The molecule has 62 heavy (non-hydrogen) atoms. The zero-order chi connectivity index (χ0) is 44.8. The second-order valence-corrected chi connectivity index (χ2v) is 16.2. The minimum atomic E-state index is -1.35. The average Bonchev–Trinajstić information content (AvgIpc) is 3.86. The van der Waals surface area contributed by atoms with Crippen molar-refractivity contribution in [3.05, 3.63) is 120 Å². The van der Waals surface area contributed by atoms with Crippen LogP contribution in [0, 0.1) is 0 Å². The van der Waals surface area contributed by atoms with Gasteiger partial charge in [-0.15, -0.1) is 5.10 Å². The molecule has 2 aromatic heterocycles. The van der Waals surface area contributed by atoms with E-state index in [1.807, 2.05) is 0 Å². The molecule has 1 atom stereocenters. The van der Waals surface area contributed by atoms with E-state index in [9.17, 15) is 28.8 Å². The maximum absolute atomic E-state index is 14.1. The lowest BCUT2D eigenvalue weighted by molar-refractivity contribution is -0.137. The zero-order valence-electron chi connectivity index (χ0n) is 34.4. The highest BCUT2D eigenvalue weighted by Gasteiger charge is 2.30. The number of halogens is 1. The molecule has 0 radical (unpaired) electrons. The number of rotatable bonds is 10. The van der Waals surface area contributed by atoms with E-state index in [4.69, 9.17) is 25.8 Å². The first-order valence-electron chi connectivity index (χ1n) is 19.0. The molecular weight excluding hydrogens is 822 g/mol. The van der Waals surface area contributed by atoms with Crippen molar-refractivity contribution in [2.75, 3.05) is 16.0 Å². The van der Waals surface area contributed by atoms with Crippen LogP contribution in [0.4, 0.5) is 26.7 Å². The van der Waals surface area contributed by atoms with E-state index in [2.05, 4.69) is 36.8 Å². The Morgan fingerprint density at radius 3 is 2.10 bits per heavy atom. The van der Waals surface area contributed by atoms with E-state index < -0.39 is 53.1 Å². The Kier molecular flexibility index (Phi) is 13.0. The number of fused-ring (bicyclic) bond motifs is 1. The molecule has 0 fully saturated rings. The average molecular weight is 864 g/mol. The molecule has 4 amide bonds. The van der Waals surface area contributed by atoms with E-state index in [0.29, 0.717) is 33.6 Å². The molecule has 6 aromatic rings.